The van der Waals surface area contributed by atoms with Crippen molar-refractivity contribution in [1.29, 1.82) is 0 Å². The Labute approximate surface area is 98.7 Å². The van der Waals surface area contributed by atoms with Gasteiger partial charge in [0.25, 0.3) is 0 Å². The van der Waals surface area contributed by atoms with Gasteiger partial charge in [-0.3, -0.25) is 4.90 Å². The third kappa shape index (κ3) is 2.83. The zero-order valence-electron chi connectivity index (χ0n) is 10.4. The van der Waals surface area contributed by atoms with Crippen molar-refractivity contribution in [1.82, 2.24) is 10.2 Å². The van der Waals surface area contributed by atoms with E-state index in [1.165, 1.54) is 24.1 Å². The molecule has 1 aliphatic rings. The molecule has 0 spiro atoms. The molecule has 1 aromatic rings. The molecule has 1 atom stereocenters. The van der Waals surface area contributed by atoms with Gasteiger partial charge in [0.2, 0.25) is 0 Å². The van der Waals surface area contributed by atoms with Gasteiger partial charge in [-0.15, -0.1) is 0 Å². The molecule has 2 heteroatoms. The lowest BCUT2D eigenvalue weighted by Gasteiger charge is -2.31. The predicted octanol–water partition coefficient (Wildman–Crippen LogP) is 2.04. The van der Waals surface area contributed by atoms with E-state index in [1.54, 1.807) is 0 Å². The molecule has 88 valence electrons. The maximum Gasteiger partial charge on any atom is 0.0237 e. The van der Waals surface area contributed by atoms with Crippen LogP contribution in [0.4, 0.5) is 0 Å². The molecule has 1 heterocycles. The molecule has 1 aliphatic heterocycles. The second kappa shape index (κ2) is 5.46. The van der Waals surface area contributed by atoms with Crippen LogP contribution in [-0.4, -0.2) is 30.6 Å². The van der Waals surface area contributed by atoms with Crippen LogP contribution in [0.5, 0.6) is 0 Å². The number of hydrogen-bond acceptors (Lipinski definition) is 2. The number of nitrogens with one attached hydrogen (secondary N) is 1. The first-order valence-electron chi connectivity index (χ1n) is 6.32. The first-order chi connectivity index (χ1) is 7.79. The SMILES string of the molecule is CCNC(C)CN1CCc2ccccc2C1. The smallest absolute Gasteiger partial charge is 0.0237 e. The van der Waals surface area contributed by atoms with Crippen LogP contribution in [-0.2, 0) is 13.0 Å². The van der Waals surface area contributed by atoms with Crippen LogP contribution in [0.15, 0.2) is 24.3 Å². The summed E-state index contributed by atoms with van der Waals surface area (Å²) in [4.78, 5) is 2.55. The van der Waals surface area contributed by atoms with E-state index < -0.39 is 0 Å². The Morgan fingerprint density at radius 3 is 2.81 bits per heavy atom. The zero-order chi connectivity index (χ0) is 11.4. The molecule has 2 nitrogen and oxygen atoms in total. The number of fused-ring (bicyclic) bond motifs is 1. The predicted molar refractivity (Wildman–Crippen MR) is 68.6 cm³/mol. The molecule has 0 bridgehead atoms. The van der Waals surface area contributed by atoms with Crippen LogP contribution in [0.1, 0.15) is 25.0 Å². The van der Waals surface area contributed by atoms with E-state index in [4.69, 9.17) is 0 Å². The first-order valence-corrected chi connectivity index (χ1v) is 6.32. The van der Waals surface area contributed by atoms with Crippen molar-refractivity contribution in [3.05, 3.63) is 35.4 Å². The van der Waals surface area contributed by atoms with Gasteiger partial charge in [0.1, 0.15) is 0 Å². The molecule has 0 saturated carbocycles. The molecule has 1 unspecified atom stereocenters. The number of hydrogen-bond donors (Lipinski definition) is 1. The Hall–Kier alpha value is -0.860. The molecule has 0 fully saturated rings. The Bertz CT molecular complexity index is 335. The molecule has 0 amide bonds. The summed E-state index contributed by atoms with van der Waals surface area (Å²) in [7, 11) is 0. The van der Waals surface area contributed by atoms with Crippen molar-refractivity contribution in [3.8, 4) is 0 Å². The molecular formula is C14H22N2. The minimum atomic E-state index is 0.593. The highest BCUT2D eigenvalue weighted by Crippen LogP contribution is 2.18. The fourth-order valence-corrected chi connectivity index (χ4v) is 2.51. The molecule has 1 N–H and O–H groups in total. The highest BCUT2D eigenvalue weighted by Gasteiger charge is 2.16. The average molecular weight is 218 g/mol. The van der Waals surface area contributed by atoms with E-state index in [-0.39, 0.29) is 0 Å². The molecule has 1 aromatic carbocycles. The molecule has 0 saturated heterocycles. The second-order valence-electron chi connectivity index (χ2n) is 4.71. The third-order valence-electron chi connectivity index (χ3n) is 3.29. The van der Waals surface area contributed by atoms with Gasteiger partial charge >= 0.3 is 0 Å². The van der Waals surface area contributed by atoms with E-state index in [9.17, 15) is 0 Å². The van der Waals surface area contributed by atoms with Crippen molar-refractivity contribution in [3.63, 3.8) is 0 Å². The van der Waals surface area contributed by atoms with Crippen LogP contribution < -0.4 is 5.32 Å². The van der Waals surface area contributed by atoms with Gasteiger partial charge in [0.15, 0.2) is 0 Å². The van der Waals surface area contributed by atoms with E-state index in [2.05, 4.69) is 48.3 Å². The summed E-state index contributed by atoms with van der Waals surface area (Å²) in [5, 5.41) is 3.48. The molecule has 0 aliphatic carbocycles. The Morgan fingerprint density at radius 2 is 2.06 bits per heavy atom. The minimum absolute atomic E-state index is 0.593. The van der Waals surface area contributed by atoms with Crippen molar-refractivity contribution < 1.29 is 0 Å². The van der Waals surface area contributed by atoms with Crippen LogP contribution >= 0.6 is 0 Å². The molecule has 0 radical (unpaired) electrons. The largest absolute Gasteiger partial charge is 0.313 e. The summed E-state index contributed by atoms with van der Waals surface area (Å²) < 4.78 is 0. The maximum atomic E-state index is 3.48. The molecule has 16 heavy (non-hydrogen) atoms. The Morgan fingerprint density at radius 1 is 1.31 bits per heavy atom. The summed E-state index contributed by atoms with van der Waals surface area (Å²) in [6.45, 7) is 8.97. The third-order valence-corrected chi connectivity index (χ3v) is 3.29. The highest BCUT2D eigenvalue weighted by atomic mass is 15.1. The standard InChI is InChI=1S/C14H22N2/c1-3-15-12(2)10-16-9-8-13-6-4-5-7-14(13)11-16/h4-7,12,15H,3,8-11H2,1-2H3. The first kappa shape index (κ1) is 11.6. The van der Waals surface area contributed by atoms with E-state index in [1.807, 2.05) is 0 Å². The summed E-state index contributed by atoms with van der Waals surface area (Å²) >= 11 is 0. The van der Waals surface area contributed by atoms with Crippen LogP contribution in [0.2, 0.25) is 0 Å². The quantitative estimate of drug-likeness (QED) is 0.832. The van der Waals surface area contributed by atoms with E-state index in [0.29, 0.717) is 6.04 Å². The fourth-order valence-electron chi connectivity index (χ4n) is 2.51. The van der Waals surface area contributed by atoms with Crippen LogP contribution in [0, 0.1) is 0 Å². The Kier molecular flexibility index (Phi) is 3.97. The van der Waals surface area contributed by atoms with Gasteiger partial charge in [-0.25, -0.2) is 0 Å². The van der Waals surface area contributed by atoms with Gasteiger partial charge in [-0.2, -0.15) is 0 Å². The van der Waals surface area contributed by atoms with Gasteiger partial charge in [0, 0.05) is 25.7 Å². The van der Waals surface area contributed by atoms with Crippen LogP contribution in [0.25, 0.3) is 0 Å². The monoisotopic (exact) mass is 218 g/mol. The molecular weight excluding hydrogens is 196 g/mol. The van der Waals surface area contributed by atoms with E-state index >= 15 is 0 Å². The fraction of sp³-hybridized carbons (Fsp3) is 0.571. The lowest BCUT2D eigenvalue weighted by atomic mass is 10.00. The lowest BCUT2D eigenvalue weighted by molar-refractivity contribution is 0.230. The topological polar surface area (TPSA) is 15.3 Å². The van der Waals surface area contributed by atoms with Crippen molar-refractivity contribution in [2.24, 2.45) is 0 Å². The summed E-state index contributed by atoms with van der Waals surface area (Å²) in [6.07, 6.45) is 1.20. The van der Waals surface area contributed by atoms with Gasteiger partial charge in [0.05, 0.1) is 0 Å². The lowest BCUT2D eigenvalue weighted by Crippen LogP contribution is -2.41. The van der Waals surface area contributed by atoms with Gasteiger partial charge in [-0.05, 0) is 31.0 Å². The summed E-state index contributed by atoms with van der Waals surface area (Å²) in [5.74, 6) is 0. The summed E-state index contributed by atoms with van der Waals surface area (Å²) in [6, 6.07) is 9.42. The number of benzene rings is 1. The zero-order valence-corrected chi connectivity index (χ0v) is 10.4. The highest BCUT2D eigenvalue weighted by molar-refractivity contribution is 5.29. The second-order valence-corrected chi connectivity index (χ2v) is 4.71. The minimum Gasteiger partial charge on any atom is -0.313 e. The van der Waals surface area contributed by atoms with E-state index in [0.717, 1.165) is 19.6 Å². The van der Waals surface area contributed by atoms with Gasteiger partial charge in [-0.1, -0.05) is 31.2 Å². The van der Waals surface area contributed by atoms with Crippen molar-refractivity contribution >= 4 is 0 Å². The maximum absolute atomic E-state index is 3.48. The van der Waals surface area contributed by atoms with Gasteiger partial charge < -0.3 is 5.32 Å². The summed E-state index contributed by atoms with van der Waals surface area (Å²) in [5.41, 5.74) is 3.05. The number of rotatable bonds is 4. The number of likely N-dealkylation sites (N-methyl/N-ethyl adjacent to an activating group) is 1. The average Bonchev–Trinajstić information content (AvgIpc) is 2.29. The molecule has 2 rings (SSSR count). The number of nitrogens with zero attached hydrogens (tertiary/aromatic N) is 1. The van der Waals surface area contributed by atoms with Crippen molar-refractivity contribution in [2.75, 3.05) is 19.6 Å². The van der Waals surface area contributed by atoms with Crippen LogP contribution in [0.3, 0.4) is 0 Å². The molecule has 0 aromatic heterocycles. The Balaban J connectivity index is 1.92. The normalized spacial score (nSPS) is 18.1. The van der Waals surface area contributed by atoms with Crippen molar-refractivity contribution in [2.45, 2.75) is 32.9 Å².